The van der Waals surface area contributed by atoms with Gasteiger partial charge in [0.2, 0.25) is 0 Å². The highest BCUT2D eigenvalue weighted by Gasteiger charge is 2.31. The fourth-order valence-electron chi connectivity index (χ4n) is 3.97. The van der Waals surface area contributed by atoms with Crippen LogP contribution < -0.4 is 29.1 Å². The molecular formula is C27H28N2O6S. The number of thiazole rings is 1. The van der Waals surface area contributed by atoms with Crippen LogP contribution in [0, 0.1) is 0 Å². The molecule has 36 heavy (non-hydrogen) atoms. The summed E-state index contributed by atoms with van der Waals surface area (Å²) in [6.07, 6.45) is 3.28. The van der Waals surface area contributed by atoms with Crippen LogP contribution in [-0.2, 0) is 9.53 Å². The van der Waals surface area contributed by atoms with Gasteiger partial charge in [-0.15, -0.1) is 0 Å². The SMILES string of the molecule is CCOc1ccc(/C=c2\sc3n(c2=O)[C@H](c2ccc(OCC)c(OCC)c2)C(C(=O)OC)=CN=3)cc1. The number of nitrogens with zero attached hydrogens (tertiary/aromatic N) is 2. The van der Waals surface area contributed by atoms with Crippen LogP contribution in [0.3, 0.4) is 0 Å². The van der Waals surface area contributed by atoms with Gasteiger partial charge in [0.15, 0.2) is 16.3 Å². The molecule has 188 valence electrons. The van der Waals surface area contributed by atoms with E-state index in [1.165, 1.54) is 29.2 Å². The van der Waals surface area contributed by atoms with Gasteiger partial charge in [0.05, 0.1) is 43.1 Å². The molecule has 0 saturated heterocycles. The molecule has 0 bridgehead atoms. The smallest absolute Gasteiger partial charge is 0.337 e. The zero-order chi connectivity index (χ0) is 25.7. The lowest BCUT2D eigenvalue weighted by atomic mass is 9.97. The zero-order valence-corrected chi connectivity index (χ0v) is 21.5. The first-order chi connectivity index (χ1) is 17.5. The fourth-order valence-corrected chi connectivity index (χ4v) is 4.94. The molecule has 0 amide bonds. The molecule has 1 atom stereocenters. The second-order valence-electron chi connectivity index (χ2n) is 7.75. The van der Waals surface area contributed by atoms with Crippen molar-refractivity contribution in [2.24, 2.45) is 4.99 Å². The van der Waals surface area contributed by atoms with Gasteiger partial charge in [-0.1, -0.05) is 29.5 Å². The molecule has 0 radical (unpaired) electrons. The Balaban J connectivity index is 1.85. The molecule has 1 aromatic heterocycles. The molecule has 0 N–H and O–H groups in total. The van der Waals surface area contributed by atoms with E-state index in [0.717, 1.165) is 11.3 Å². The van der Waals surface area contributed by atoms with Crippen LogP contribution in [0.4, 0.5) is 0 Å². The summed E-state index contributed by atoms with van der Waals surface area (Å²) in [4.78, 5) is 31.2. The van der Waals surface area contributed by atoms with E-state index in [2.05, 4.69) is 4.99 Å². The summed E-state index contributed by atoms with van der Waals surface area (Å²) in [5, 5.41) is 0. The second kappa shape index (κ2) is 11.3. The van der Waals surface area contributed by atoms with Gasteiger partial charge in [0, 0.05) is 6.20 Å². The first-order valence-corrected chi connectivity index (χ1v) is 12.5. The second-order valence-corrected chi connectivity index (χ2v) is 8.76. The highest BCUT2D eigenvalue weighted by atomic mass is 32.1. The molecule has 8 nitrogen and oxygen atoms in total. The minimum atomic E-state index is -0.730. The fraction of sp³-hybridized carbons (Fsp3) is 0.296. The summed E-state index contributed by atoms with van der Waals surface area (Å²) < 4.78 is 24.0. The Bertz CT molecular complexity index is 1450. The molecule has 0 fully saturated rings. The Morgan fingerprint density at radius 1 is 1.00 bits per heavy atom. The van der Waals surface area contributed by atoms with Gasteiger partial charge in [-0.3, -0.25) is 9.36 Å². The van der Waals surface area contributed by atoms with Gasteiger partial charge in [-0.25, -0.2) is 9.79 Å². The maximum Gasteiger partial charge on any atom is 0.337 e. The number of fused-ring (bicyclic) bond motifs is 1. The van der Waals surface area contributed by atoms with E-state index in [1.54, 1.807) is 12.1 Å². The quantitative estimate of drug-likeness (QED) is 0.413. The third-order valence-electron chi connectivity index (χ3n) is 5.50. The summed E-state index contributed by atoms with van der Waals surface area (Å²) in [6.45, 7) is 7.20. The number of ether oxygens (including phenoxy) is 4. The van der Waals surface area contributed by atoms with E-state index in [1.807, 2.05) is 57.2 Å². The normalized spacial score (nSPS) is 14.9. The van der Waals surface area contributed by atoms with Gasteiger partial charge in [-0.2, -0.15) is 0 Å². The van der Waals surface area contributed by atoms with Crippen LogP contribution in [-0.4, -0.2) is 37.5 Å². The summed E-state index contributed by atoms with van der Waals surface area (Å²) in [6, 6.07) is 12.2. The number of methoxy groups -OCH3 is 1. The highest BCUT2D eigenvalue weighted by molar-refractivity contribution is 7.07. The molecule has 2 heterocycles. The van der Waals surface area contributed by atoms with Crippen LogP contribution in [0.2, 0.25) is 0 Å². The number of aromatic nitrogens is 1. The molecule has 1 aliphatic heterocycles. The molecule has 3 aromatic rings. The number of hydrogen-bond donors (Lipinski definition) is 0. The molecule has 1 aliphatic rings. The van der Waals surface area contributed by atoms with Crippen molar-refractivity contribution in [1.82, 2.24) is 4.57 Å². The summed E-state index contributed by atoms with van der Waals surface area (Å²) in [5.41, 5.74) is 1.54. The van der Waals surface area contributed by atoms with Crippen molar-refractivity contribution in [3.8, 4) is 17.2 Å². The van der Waals surface area contributed by atoms with E-state index in [-0.39, 0.29) is 11.1 Å². The highest BCUT2D eigenvalue weighted by Crippen LogP contribution is 2.35. The van der Waals surface area contributed by atoms with Crippen molar-refractivity contribution in [3.63, 3.8) is 0 Å². The van der Waals surface area contributed by atoms with E-state index in [9.17, 15) is 9.59 Å². The minimum absolute atomic E-state index is 0.251. The number of carbonyl (C=O) groups excluding carboxylic acids is 1. The topological polar surface area (TPSA) is 88.3 Å². The summed E-state index contributed by atoms with van der Waals surface area (Å²) >= 11 is 1.26. The minimum Gasteiger partial charge on any atom is -0.494 e. The van der Waals surface area contributed by atoms with Crippen molar-refractivity contribution < 1.29 is 23.7 Å². The number of rotatable bonds is 9. The largest absolute Gasteiger partial charge is 0.494 e. The molecule has 0 spiro atoms. The Morgan fingerprint density at radius 2 is 1.69 bits per heavy atom. The Hall–Kier alpha value is -3.85. The summed E-state index contributed by atoms with van der Waals surface area (Å²) in [5.74, 6) is 1.33. The van der Waals surface area contributed by atoms with Crippen molar-refractivity contribution in [2.45, 2.75) is 26.8 Å². The zero-order valence-electron chi connectivity index (χ0n) is 20.6. The van der Waals surface area contributed by atoms with Crippen molar-refractivity contribution >= 4 is 23.4 Å². The lowest BCUT2D eigenvalue weighted by Gasteiger charge is -2.23. The maximum atomic E-state index is 13.6. The molecule has 4 rings (SSSR count). The first kappa shape index (κ1) is 25.2. The molecular weight excluding hydrogens is 480 g/mol. The Morgan fingerprint density at radius 3 is 2.36 bits per heavy atom. The number of benzene rings is 2. The Labute approximate surface area is 212 Å². The molecule has 0 unspecified atom stereocenters. The lowest BCUT2D eigenvalue weighted by Crippen LogP contribution is -2.39. The molecule has 0 aliphatic carbocycles. The predicted octanol–water partition coefficient (Wildman–Crippen LogP) is 3.21. The lowest BCUT2D eigenvalue weighted by molar-refractivity contribution is -0.136. The van der Waals surface area contributed by atoms with E-state index in [0.29, 0.717) is 46.2 Å². The first-order valence-electron chi connectivity index (χ1n) is 11.7. The van der Waals surface area contributed by atoms with Crippen molar-refractivity contribution in [1.29, 1.82) is 0 Å². The van der Waals surface area contributed by atoms with Gasteiger partial charge in [0.25, 0.3) is 5.56 Å². The molecule has 2 aromatic carbocycles. The standard InChI is InChI=1S/C27H28N2O6S/c1-5-33-19-11-8-17(9-12-19)14-23-25(30)29-24(20(26(31)32-4)16-28-27(29)36-23)18-10-13-21(34-6-2)22(15-18)35-7-3/h8-16,24H,5-7H2,1-4H3/b23-14-/t24-/m1/s1. The monoisotopic (exact) mass is 508 g/mol. The van der Waals surface area contributed by atoms with Crippen LogP contribution in [0.5, 0.6) is 17.2 Å². The van der Waals surface area contributed by atoms with Crippen LogP contribution in [0.1, 0.15) is 37.9 Å². The third kappa shape index (κ3) is 5.06. The molecule has 9 heteroatoms. The van der Waals surface area contributed by atoms with E-state index >= 15 is 0 Å². The number of carbonyl (C=O) groups is 1. The van der Waals surface area contributed by atoms with Crippen molar-refractivity contribution in [3.05, 3.63) is 85.1 Å². The third-order valence-corrected chi connectivity index (χ3v) is 6.49. The maximum absolute atomic E-state index is 13.6. The average molecular weight is 509 g/mol. The predicted molar refractivity (Wildman–Crippen MR) is 138 cm³/mol. The van der Waals surface area contributed by atoms with E-state index in [4.69, 9.17) is 18.9 Å². The average Bonchev–Trinajstić information content (AvgIpc) is 3.20. The van der Waals surface area contributed by atoms with Crippen LogP contribution in [0.25, 0.3) is 6.08 Å². The Kier molecular flexibility index (Phi) is 7.90. The molecule has 0 saturated carbocycles. The van der Waals surface area contributed by atoms with Gasteiger partial charge >= 0.3 is 5.97 Å². The number of esters is 1. The van der Waals surface area contributed by atoms with Crippen molar-refractivity contribution in [2.75, 3.05) is 26.9 Å². The summed E-state index contributed by atoms with van der Waals surface area (Å²) in [7, 11) is 1.31. The van der Waals surface area contributed by atoms with Gasteiger partial charge in [-0.05, 0) is 62.2 Å². The van der Waals surface area contributed by atoms with Crippen LogP contribution >= 0.6 is 11.3 Å². The van der Waals surface area contributed by atoms with E-state index < -0.39 is 12.0 Å². The van der Waals surface area contributed by atoms with Gasteiger partial charge in [0.1, 0.15) is 5.75 Å². The number of hydrogen-bond acceptors (Lipinski definition) is 8. The van der Waals surface area contributed by atoms with Gasteiger partial charge < -0.3 is 18.9 Å². The van der Waals surface area contributed by atoms with Crippen LogP contribution in [0.15, 0.2) is 64.0 Å².